The first-order valence-corrected chi connectivity index (χ1v) is 10.1. The summed E-state index contributed by atoms with van der Waals surface area (Å²) in [4.78, 5) is 14.5. The van der Waals surface area contributed by atoms with Crippen LogP contribution in [-0.4, -0.2) is 22.9 Å². The third kappa shape index (κ3) is 4.36. The summed E-state index contributed by atoms with van der Waals surface area (Å²) < 4.78 is 25.8. The lowest BCUT2D eigenvalue weighted by Crippen LogP contribution is -2.28. The van der Waals surface area contributed by atoms with Gasteiger partial charge in [-0.1, -0.05) is 42.2 Å². The molecule has 0 spiro atoms. The number of amides is 1. The summed E-state index contributed by atoms with van der Waals surface area (Å²) in [6, 6.07) is 11.6. The zero-order valence-electron chi connectivity index (χ0n) is 15.8. The lowest BCUT2D eigenvalue weighted by Gasteiger charge is -2.15. The lowest BCUT2D eigenvalue weighted by molar-refractivity contribution is -0.113. The van der Waals surface area contributed by atoms with Crippen LogP contribution in [0.15, 0.2) is 47.4 Å². The Morgan fingerprint density at radius 2 is 1.96 bits per heavy atom. The number of carbonyl (C=O) groups excluding carboxylic acids is 1. The van der Waals surface area contributed by atoms with E-state index in [2.05, 4.69) is 0 Å². The third-order valence-corrected chi connectivity index (χ3v) is 5.12. The number of hydrogen-bond donors (Lipinski definition) is 0. The molecule has 1 aliphatic heterocycles. The van der Waals surface area contributed by atoms with E-state index in [1.165, 1.54) is 17.0 Å². The predicted octanol–water partition coefficient (Wildman–Crippen LogP) is 5.42. The highest BCUT2D eigenvalue weighted by Crippen LogP contribution is 2.38. The number of rotatable bonds is 6. The van der Waals surface area contributed by atoms with Gasteiger partial charge in [0.15, 0.2) is 15.8 Å². The van der Waals surface area contributed by atoms with E-state index in [0.717, 1.165) is 17.3 Å². The number of halogens is 1. The summed E-state index contributed by atoms with van der Waals surface area (Å²) in [5, 5.41) is 0. The fourth-order valence-corrected chi connectivity index (χ4v) is 3.98. The Morgan fingerprint density at radius 3 is 2.64 bits per heavy atom. The monoisotopic (exact) mass is 417 g/mol. The molecule has 0 N–H and O–H groups in total. The Kier molecular flexibility index (Phi) is 6.36. The van der Waals surface area contributed by atoms with Crippen LogP contribution in [0.4, 0.5) is 10.1 Å². The molecule has 4 nitrogen and oxygen atoms in total. The van der Waals surface area contributed by atoms with Crippen molar-refractivity contribution in [2.45, 2.75) is 26.9 Å². The van der Waals surface area contributed by atoms with Crippen LogP contribution < -0.4 is 14.4 Å². The first kappa shape index (κ1) is 20.4. The van der Waals surface area contributed by atoms with Crippen LogP contribution in [0.25, 0.3) is 6.08 Å². The first-order valence-electron chi connectivity index (χ1n) is 8.86. The molecule has 3 rings (SSSR count). The molecule has 0 radical (unpaired) electrons. The van der Waals surface area contributed by atoms with Crippen LogP contribution in [-0.2, 0) is 4.79 Å². The second kappa shape index (κ2) is 8.75. The van der Waals surface area contributed by atoms with Crippen molar-refractivity contribution < 1.29 is 18.7 Å². The van der Waals surface area contributed by atoms with Crippen LogP contribution in [0.5, 0.6) is 11.5 Å². The van der Waals surface area contributed by atoms with E-state index in [9.17, 15) is 9.18 Å². The zero-order valence-corrected chi connectivity index (χ0v) is 17.4. The molecule has 1 aliphatic rings. The maximum absolute atomic E-state index is 14.1. The van der Waals surface area contributed by atoms with Crippen molar-refractivity contribution >= 4 is 46.0 Å². The number of carbonyl (C=O) groups is 1. The molecule has 0 unspecified atom stereocenters. The minimum absolute atomic E-state index is 0.0158. The van der Waals surface area contributed by atoms with Crippen molar-refractivity contribution in [1.82, 2.24) is 0 Å². The van der Waals surface area contributed by atoms with Gasteiger partial charge in [-0.15, -0.1) is 0 Å². The molecule has 2 aromatic carbocycles. The third-order valence-electron chi connectivity index (χ3n) is 3.82. The summed E-state index contributed by atoms with van der Waals surface area (Å²) in [7, 11) is 0. The highest BCUT2D eigenvalue weighted by Gasteiger charge is 2.34. The van der Waals surface area contributed by atoms with Gasteiger partial charge >= 0.3 is 0 Å². The quantitative estimate of drug-likeness (QED) is 0.464. The number of nitrogens with zero attached hydrogens (tertiary/aromatic N) is 1. The summed E-state index contributed by atoms with van der Waals surface area (Å²) in [5.74, 6) is 0.414. The molecule has 1 heterocycles. The number of benzene rings is 2. The molecule has 0 saturated carbocycles. The average molecular weight is 418 g/mol. The van der Waals surface area contributed by atoms with E-state index in [1.807, 2.05) is 39.0 Å². The van der Waals surface area contributed by atoms with Crippen molar-refractivity contribution in [3.05, 3.63) is 58.8 Å². The Hall–Kier alpha value is -2.38. The van der Waals surface area contributed by atoms with Gasteiger partial charge in [-0.05, 0) is 56.7 Å². The van der Waals surface area contributed by atoms with E-state index in [0.29, 0.717) is 27.3 Å². The van der Waals surface area contributed by atoms with Gasteiger partial charge in [-0.3, -0.25) is 9.69 Å². The fraction of sp³-hybridized carbons (Fsp3) is 0.238. The van der Waals surface area contributed by atoms with Gasteiger partial charge in [0.05, 0.1) is 23.3 Å². The second-order valence-electron chi connectivity index (χ2n) is 6.27. The molecule has 146 valence electrons. The molecular formula is C21H20FNO3S2. The van der Waals surface area contributed by atoms with E-state index in [-0.39, 0.29) is 17.7 Å². The smallest absolute Gasteiger partial charge is 0.270 e. The van der Waals surface area contributed by atoms with Crippen LogP contribution in [0.2, 0.25) is 0 Å². The van der Waals surface area contributed by atoms with Crippen LogP contribution in [0, 0.1) is 5.82 Å². The molecule has 28 heavy (non-hydrogen) atoms. The van der Waals surface area contributed by atoms with Gasteiger partial charge in [-0.2, -0.15) is 0 Å². The summed E-state index contributed by atoms with van der Waals surface area (Å²) in [6.07, 6.45) is 1.74. The Balaban J connectivity index is 1.91. The molecule has 1 amide bonds. The second-order valence-corrected chi connectivity index (χ2v) is 7.95. The first-order chi connectivity index (χ1) is 13.4. The molecule has 0 bridgehead atoms. The maximum Gasteiger partial charge on any atom is 0.270 e. The zero-order chi connectivity index (χ0) is 20.3. The van der Waals surface area contributed by atoms with Crippen molar-refractivity contribution in [2.75, 3.05) is 11.5 Å². The Morgan fingerprint density at radius 1 is 1.21 bits per heavy atom. The molecule has 0 aromatic heterocycles. The topological polar surface area (TPSA) is 38.8 Å². The average Bonchev–Trinajstić information content (AvgIpc) is 2.91. The van der Waals surface area contributed by atoms with E-state index >= 15 is 0 Å². The normalized spacial score (nSPS) is 15.6. The number of thiocarbonyl (C=S) groups is 1. The molecule has 1 saturated heterocycles. The summed E-state index contributed by atoms with van der Waals surface area (Å²) in [5.41, 5.74) is 0.928. The number of anilines is 1. The Bertz CT molecular complexity index is 943. The highest BCUT2D eigenvalue weighted by atomic mass is 32.2. The van der Waals surface area contributed by atoms with Gasteiger partial charge in [0, 0.05) is 0 Å². The van der Waals surface area contributed by atoms with Gasteiger partial charge in [0.1, 0.15) is 5.82 Å². The highest BCUT2D eigenvalue weighted by molar-refractivity contribution is 8.27. The number of para-hydroxylation sites is 1. The van der Waals surface area contributed by atoms with Crippen LogP contribution >= 0.6 is 24.0 Å². The van der Waals surface area contributed by atoms with E-state index in [4.69, 9.17) is 21.7 Å². The van der Waals surface area contributed by atoms with Crippen LogP contribution in [0.1, 0.15) is 26.3 Å². The van der Waals surface area contributed by atoms with Gasteiger partial charge in [-0.25, -0.2) is 4.39 Å². The minimum atomic E-state index is -0.492. The fourth-order valence-electron chi connectivity index (χ4n) is 2.69. The summed E-state index contributed by atoms with van der Waals surface area (Å²) in [6.45, 7) is 6.27. The van der Waals surface area contributed by atoms with E-state index < -0.39 is 5.82 Å². The van der Waals surface area contributed by atoms with Gasteiger partial charge < -0.3 is 9.47 Å². The molecule has 2 aromatic rings. The minimum Gasteiger partial charge on any atom is -0.490 e. The molecule has 0 atom stereocenters. The van der Waals surface area contributed by atoms with Crippen molar-refractivity contribution in [2.24, 2.45) is 0 Å². The maximum atomic E-state index is 14.1. The largest absolute Gasteiger partial charge is 0.490 e. The van der Waals surface area contributed by atoms with E-state index in [1.54, 1.807) is 18.2 Å². The number of hydrogen-bond acceptors (Lipinski definition) is 5. The van der Waals surface area contributed by atoms with Crippen molar-refractivity contribution in [3.8, 4) is 11.5 Å². The van der Waals surface area contributed by atoms with Crippen LogP contribution in [0.3, 0.4) is 0 Å². The number of thioether (sulfide) groups is 1. The Labute approximate surface area is 173 Å². The molecule has 7 heteroatoms. The predicted molar refractivity (Wildman–Crippen MR) is 115 cm³/mol. The lowest BCUT2D eigenvalue weighted by atomic mass is 10.1. The van der Waals surface area contributed by atoms with Crippen molar-refractivity contribution in [1.29, 1.82) is 0 Å². The standard InChI is InChI=1S/C21H20FNO3S2/c1-4-25-18-11-14(9-10-17(18)26-13(2)3)12-19-20(24)23(21(27)28-19)16-8-6-5-7-15(16)22/h5-13H,4H2,1-3H3/b19-12-. The molecule has 0 aliphatic carbocycles. The van der Waals surface area contributed by atoms with Crippen molar-refractivity contribution in [3.63, 3.8) is 0 Å². The molecular weight excluding hydrogens is 397 g/mol. The van der Waals surface area contributed by atoms with Gasteiger partial charge in [0.25, 0.3) is 5.91 Å². The van der Waals surface area contributed by atoms with Gasteiger partial charge in [0.2, 0.25) is 0 Å². The number of ether oxygens (including phenoxy) is 2. The molecule has 1 fully saturated rings. The summed E-state index contributed by atoms with van der Waals surface area (Å²) >= 11 is 6.45. The SMILES string of the molecule is CCOc1cc(/C=C2\SC(=S)N(c3ccccc3F)C2=O)ccc1OC(C)C.